The van der Waals surface area contributed by atoms with Gasteiger partial charge in [0.25, 0.3) is 5.56 Å². The lowest BCUT2D eigenvalue weighted by molar-refractivity contribution is -0.116. The summed E-state index contributed by atoms with van der Waals surface area (Å²) in [5.41, 5.74) is 0.0715. The Morgan fingerprint density at radius 1 is 1.13 bits per heavy atom. The highest BCUT2D eigenvalue weighted by Crippen LogP contribution is 2.25. The molecule has 30 heavy (non-hydrogen) atoms. The molecule has 0 unspecified atom stereocenters. The van der Waals surface area contributed by atoms with E-state index in [0.717, 1.165) is 4.57 Å². The van der Waals surface area contributed by atoms with Gasteiger partial charge in [-0.2, -0.15) is 0 Å². The Labute approximate surface area is 172 Å². The molecule has 0 aliphatic rings. The van der Waals surface area contributed by atoms with E-state index in [-0.39, 0.29) is 11.0 Å². The predicted octanol–water partition coefficient (Wildman–Crippen LogP) is 1.84. The molecule has 0 aliphatic carbocycles. The number of amides is 1. The zero-order chi connectivity index (χ0) is 21.8. The van der Waals surface area contributed by atoms with E-state index in [1.807, 2.05) is 6.92 Å². The maximum atomic E-state index is 13.1. The Bertz CT molecular complexity index is 1210. The lowest BCUT2D eigenvalue weighted by Gasteiger charge is -2.15. The quantitative estimate of drug-likeness (QED) is 0.635. The van der Waals surface area contributed by atoms with E-state index in [9.17, 15) is 14.4 Å². The van der Waals surface area contributed by atoms with Crippen LogP contribution in [0.4, 0.5) is 5.69 Å². The van der Waals surface area contributed by atoms with Gasteiger partial charge in [-0.05, 0) is 32.9 Å². The lowest BCUT2D eigenvalue weighted by Crippen LogP contribution is -2.42. The second kappa shape index (κ2) is 8.81. The maximum absolute atomic E-state index is 13.1. The average molecular weight is 412 g/mol. The Morgan fingerprint density at radius 3 is 2.53 bits per heavy atom. The fraction of sp³-hybridized carbons (Fsp3) is 0.333. The third-order valence-electron chi connectivity index (χ3n) is 4.54. The first-order valence-corrected chi connectivity index (χ1v) is 9.62. The highest BCUT2D eigenvalue weighted by atomic mass is 16.5. The molecule has 0 aliphatic heterocycles. The minimum absolute atomic E-state index is 0.168. The largest absolute Gasteiger partial charge is 0.493 e. The minimum Gasteiger partial charge on any atom is -0.493 e. The smallest absolute Gasteiger partial charge is 0.332 e. The van der Waals surface area contributed by atoms with Crippen LogP contribution in [0.25, 0.3) is 11.0 Å². The van der Waals surface area contributed by atoms with Gasteiger partial charge in [0.05, 0.1) is 18.9 Å². The molecule has 1 amide bonds. The van der Waals surface area contributed by atoms with Crippen LogP contribution < -0.4 is 26.0 Å². The summed E-state index contributed by atoms with van der Waals surface area (Å²) in [4.78, 5) is 42.8. The number of carbonyl (C=O) groups is 1. The zero-order valence-electron chi connectivity index (χ0n) is 17.4. The molecule has 2 aromatic heterocycles. The van der Waals surface area contributed by atoms with Crippen LogP contribution in [0, 0.1) is 6.92 Å². The molecular formula is C21H24N4O5. The first-order chi connectivity index (χ1) is 14.4. The number of nitrogens with one attached hydrogen (secondary N) is 1. The summed E-state index contributed by atoms with van der Waals surface area (Å²) < 4.78 is 13.2. The third-order valence-corrected chi connectivity index (χ3v) is 4.54. The van der Waals surface area contributed by atoms with Crippen LogP contribution in [0.1, 0.15) is 19.4 Å². The molecule has 0 radical (unpaired) electrons. The summed E-state index contributed by atoms with van der Waals surface area (Å²) in [6.07, 6.45) is 1.55. The number of para-hydroxylation sites is 2. The number of aryl methyl sites for hydroxylation is 2. The number of nitrogens with zero attached hydrogens (tertiary/aromatic N) is 3. The van der Waals surface area contributed by atoms with Crippen molar-refractivity contribution in [1.29, 1.82) is 0 Å². The number of fused-ring (bicyclic) bond motifs is 1. The average Bonchev–Trinajstić information content (AvgIpc) is 2.72. The number of rotatable bonds is 7. The van der Waals surface area contributed by atoms with Gasteiger partial charge in [-0.1, -0.05) is 12.1 Å². The molecule has 0 saturated carbocycles. The van der Waals surface area contributed by atoms with Crippen molar-refractivity contribution >= 4 is 22.6 Å². The second-order valence-corrected chi connectivity index (χ2v) is 6.61. The maximum Gasteiger partial charge on any atom is 0.332 e. The summed E-state index contributed by atoms with van der Waals surface area (Å²) in [5, 5.41) is 2.87. The molecule has 2 heterocycles. The van der Waals surface area contributed by atoms with Crippen LogP contribution in [0.2, 0.25) is 0 Å². The summed E-state index contributed by atoms with van der Waals surface area (Å²) >= 11 is 0. The van der Waals surface area contributed by atoms with Crippen LogP contribution in [0.3, 0.4) is 0 Å². The molecule has 0 spiro atoms. The molecule has 9 heteroatoms. The van der Waals surface area contributed by atoms with E-state index in [2.05, 4.69) is 10.3 Å². The Morgan fingerprint density at radius 2 is 1.83 bits per heavy atom. The molecular weight excluding hydrogens is 388 g/mol. The fourth-order valence-corrected chi connectivity index (χ4v) is 3.17. The van der Waals surface area contributed by atoms with Crippen molar-refractivity contribution in [2.24, 2.45) is 7.05 Å². The highest BCUT2D eigenvalue weighted by Gasteiger charge is 2.20. The zero-order valence-corrected chi connectivity index (χ0v) is 17.4. The van der Waals surface area contributed by atoms with Gasteiger partial charge in [-0.15, -0.1) is 0 Å². The molecule has 3 aromatic rings. The number of hydrogen-bond donors (Lipinski definition) is 1. The fourth-order valence-electron chi connectivity index (χ4n) is 3.17. The molecule has 1 aromatic carbocycles. The molecule has 3 rings (SSSR count). The molecule has 9 nitrogen and oxygen atoms in total. The van der Waals surface area contributed by atoms with E-state index >= 15 is 0 Å². The predicted molar refractivity (Wildman–Crippen MR) is 113 cm³/mol. The van der Waals surface area contributed by atoms with E-state index < -0.39 is 23.7 Å². The second-order valence-electron chi connectivity index (χ2n) is 6.61. The normalized spacial score (nSPS) is 10.8. The molecule has 158 valence electrons. The van der Waals surface area contributed by atoms with E-state index in [0.29, 0.717) is 36.0 Å². The standard InChI is InChI=1S/C21H24N4O5/c1-5-29-15-10-8-7-9-14(15)23-16(26)12-25-20(27)17-18(30-6-2)13(3)11-22-19(17)24(4)21(25)28/h7-11H,5-6,12H2,1-4H3,(H,23,26). The number of hydrogen-bond acceptors (Lipinski definition) is 6. The number of aromatic nitrogens is 3. The first-order valence-electron chi connectivity index (χ1n) is 9.62. The highest BCUT2D eigenvalue weighted by molar-refractivity contribution is 5.92. The lowest BCUT2D eigenvalue weighted by atomic mass is 10.2. The van der Waals surface area contributed by atoms with Gasteiger partial charge in [0.1, 0.15) is 23.4 Å². The Kier molecular flexibility index (Phi) is 6.20. The monoisotopic (exact) mass is 412 g/mol. The van der Waals surface area contributed by atoms with Crippen molar-refractivity contribution < 1.29 is 14.3 Å². The number of ether oxygens (including phenoxy) is 2. The topological polar surface area (TPSA) is 104 Å². The summed E-state index contributed by atoms with van der Waals surface area (Å²) in [5.74, 6) is 0.337. The van der Waals surface area contributed by atoms with Crippen molar-refractivity contribution in [2.75, 3.05) is 18.5 Å². The number of benzene rings is 1. The number of anilines is 1. The van der Waals surface area contributed by atoms with Gasteiger partial charge in [0.2, 0.25) is 5.91 Å². The van der Waals surface area contributed by atoms with Gasteiger partial charge in [0.15, 0.2) is 5.65 Å². The van der Waals surface area contributed by atoms with Crippen molar-refractivity contribution in [3.8, 4) is 11.5 Å². The molecule has 0 fully saturated rings. The van der Waals surface area contributed by atoms with Gasteiger partial charge in [-0.3, -0.25) is 14.2 Å². The van der Waals surface area contributed by atoms with Gasteiger partial charge in [0, 0.05) is 18.8 Å². The number of carbonyl (C=O) groups excluding carboxylic acids is 1. The van der Waals surface area contributed by atoms with Crippen molar-refractivity contribution in [2.45, 2.75) is 27.3 Å². The van der Waals surface area contributed by atoms with Crippen molar-refractivity contribution in [3.63, 3.8) is 0 Å². The minimum atomic E-state index is -0.639. The van der Waals surface area contributed by atoms with Crippen LogP contribution in [-0.2, 0) is 18.4 Å². The van der Waals surface area contributed by atoms with E-state index in [4.69, 9.17) is 9.47 Å². The summed E-state index contributed by atoms with van der Waals surface area (Å²) in [6.45, 7) is 5.73. The molecule has 0 bridgehead atoms. The van der Waals surface area contributed by atoms with E-state index in [1.54, 1.807) is 44.3 Å². The van der Waals surface area contributed by atoms with Crippen molar-refractivity contribution in [1.82, 2.24) is 14.1 Å². The molecule has 0 atom stereocenters. The van der Waals surface area contributed by atoms with Gasteiger partial charge < -0.3 is 14.8 Å². The summed E-state index contributed by atoms with van der Waals surface area (Å²) in [7, 11) is 1.50. The van der Waals surface area contributed by atoms with Gasteiger partial charge >= 0.3 is 5.69 Å². The Hall–Kier alpha value is -3.62. The van der Waals surface area contributed by atoms with Gasteiger partial charge in [-0.25, -0.2) is 14.3 Å². The van der Waals surface area contributed by atoms with Crippen LogP contribution in [-0.4, -0.2) is 33.2 Å². The van der Waals surface area contributed by atoms with Crippen molar-refractivity contribution in [3.05, 3.63) is 56.9 Å². The van der Waals surface area contributed by atoms with Crippen LogP contribution in [0.15, 0.2) is 40.1 Å². The summed E-state index contributed by atoms with van der Waals surface area (Å²) in [6, 6.07) is 6.95. The molecule has 0 saturated heterocycles. The first kappa shape index (κ1) is 21.1. The number of pyridine rings is 1. The van der Waals surface area contributed by atoms with Crippen LogP contribution in [0.5, 0.6) is 11.5 Å². The Balaban J connectivity index is 2.04. The van der Waals surface area contributed by atoms with E-state index in [1.165, 1.54) is 11.6 Å². The third kappa shape index (κ3) is 3.91. The SMILES string of the molecule is CCOc1ccccc1NC(=O)Cn1c(=O)c2c(OCC)c(C)cnc2n(C)c1=O. The molecule has 1 N–H and O–H groups in total. The van der Waals surface area contributed by atoms with Crippen LogP contribution >= 0.6 is 0 Å².